The molecule has 0 bridgehead atoms. The van der Waals surface area contributed by atoms with Gasteiger partial charge in [-0.15, -0.1) is 6.42 Å². The van der Waals surface area contributed by atoms with E-state index in [2.05, 4.69) is 11.2 Å². The zero-order chi connectivity index (χ0) is 7.45. The Morgan fingerprint density at radius 2 is 2.60 bits per heavy atom. The molecule has 0 saturated carbocycles. The molecule has 54 valence electrons. The van der Waals surface area contributed by atoms with E-state index in [0.29, 0.717) is 19.4 Å². The van der Waals surface area contributed by atoms with Crippen molar-refractivity contribution in [3.8, 4) is 12.3 Å². The molecule has 0 aromatic rings. The molecule has 1 rings (SSSR count). The Labute approximate surface area is 59.7 Å². The smallest absolute Gasteiger partial charge is 0.159 e. The Hall–Kier alpha value is -0.850. The summed E-state index contributed by atoms with van der Waals surface area (Å²) >= 11 is 0. The van der Waals surface area contributed by atoms with Crippen molar-refractivity contribution in [3.63, 3.8) is 0 Å². The topological polar surface area (TPSA) is 38.3 Å². The maximum atomic E-state index is 10.4. The Morgan fingerprint density at radius 1 is 1.80 bits per heavy atom. The summed E-state index contributed by atoms with van der Waals surface area (Å²) < 4.78 is 5.03. The van der Waals surface area contributed by atoms with Gasteiger partial charge >= 0.3 is 0 Å². The third-order valence-corrected chi connectivity index (χ3v) is 1.48. The molecule has 0 aromatic carbocycles. The molecule has 0 spiro atoms. The van der Waals surface area contributed by atoms with Crippen molar-refractivity contribution in [3.05, 3.63) is 0 Å². The van der Waals surface area contributed by atoms with Crippen LogP contribution in [0.3, 0.4) is 0 Å². The van der Waals surface area contributed by atoms with Crippen LogP contribution >= 0.6 is 0 Å². The van der Waals surface area contributed by atoms with E-state index in [4.69, 9.17) is 11.2 Å². The zero-order valence-electron chi connectivity index (χ0n) is 5.59. The summed E-state index contributed by atoms with van der Waals surface area (Å²) in [5.41, 5.74) is -0.863. The summed E-state index contributed by atoms with van der Waals surface area (Å²) in [7, 11) is 0. The minimum absolute atomic E-state index is 0.285. The number of carbonyl (C=O) groups excluding carboxylic acids is 1. The number of terminal acetylenes is 1. The van der Waals surface area contributed by atoms with Crippen molar-refractivity contribution in [2.24, 2.45) is 0 Å². The SMILES string of the molecule is C#CC1(C=O)COCCN1. The van der Waals surface area contributed by atoms with Gasteiger partial charge in [-0.1, -0.05) is 5.92 Å². The van der Waals surface area contributed by atoms with E-state index in [1.54, 1.807) is 0 Å². The van der Waals surface area contributed by atoms with E-state index in [1.807, 2.05) is 0 Å². The van der Waals surface area contributed by atoms with Crippen LogP contribution in [0.2, 0.25) is 0 Å². The van der Waals surface area contributed by atoms with Crippen LogP contribution in [-0.2, 0) is 9.53 Å². The summed E-state index contributed by atoms with van der Waals surface area (Å²) in [6.07, 6.45) is 5.84. The Balaban J connectivity index is 2.63. The summed E-state index contributed by atoms with van der Waals surface area (Å²) in [6.45, 7) is 1.55. The number of hydrogen-bond donors (Lipinski definition) is 1. The van der Waals surface area contributed by atoms with Gasteiger partial charge in [0.15, 0.2) is 11.8 Å². The van der Waals surface area contributed by atoms with Gasteiger partial charge in [0.25, 0.3) is 0 Å². The van der Waals surface area contributed by atoms with E-state index in [0.717, 1.165) is 0 Å². The van der Waals surface area contributed by atoms with E-state index in [1.165, 1.54) is 0 Å². The monoisotopic (exact) mass is 139 g/mol. The lowest BCUT2D eigenvalue weighted by Crippen LogP contribution is -2.54. The van der Waals surface area contributed by atoms with Crippen molar-refractivity contribution in [1.29, 1.82) is 0 Å². The molecule has 0 amide bonds. The van der Waals surface area contributed by atoms with Gasteiger partial charge in [0.05, 0.1) is 13.2 Å². The first-order valence-electron chi connectivity index (χ1n) is 3.10. The largest absolute Gasteiger partial charge is 0.377 e. The number of aldehydes is 1. The van der Waals surface area contributed by atoms with E-state index in [-0.39, 0.29) is 6.61 Å². The Bertz CT molecular complexity index is 165. The lowest BCUT2D eigenvalue weighted by atomic mass is 10.0. The van der Waals surface area contributed by atoms with Crippen molar-refractivity contribution in [2.75, 3.05) is 19.8 Å². The van der Waals surface area contributed by atoms with Crippen molar-refractivity contribution < 1.29 is 9.53 Å². The van der Waals surface area contributed by atoms with Gasteiger partial charge in [-0.05, 0) is 0 Å². The fourth-order valence-electron chi connectivity index (χ4n) is 0.833. The van der Waals surface area contributed by atoms with Crippen LogP contribution in [0, 0.1) is 12.3 Å². The van der Waals surface area contributed by atoms with Crippen molar-refractivity contribution in [2.45, 2.75) is 5.54 Å². The summed E-state index contributed by atoms with van der Waals surface area (Å²) in [4.78, 5) is 10.4. The molecule has 1 heterocycles. The normalized spacial score (nSPS) is 32.7. The fourth-order valence-corrected chi connectivity index (χ4v) is 0.833. The summed E-state index contributed by atoms with van der Waals surface area (Å²) in [6, 6.07) is 0. The summed E-state index contributed by atoms with van der Waals surface area (Å²) in [5, 5.41) is 2.90. The molecule has 1 fully saturated rings. The fraction of sp³-hybridized carbons (Fsp3) is 0.571. The highest BCUT2D eigenvalue weighted by Crippen LogP contribution is 2.03. The van der Waals surface area contributed by atoms with Crippen LogP contribution in [0.5, 0.6) is 0 Å². The predicted octanol–water partition coefficient (Wildman–Crippen LogP) is -0.823. The van der Waals surface area contributed by atoms with E-state index < -0.39 is 5.54 Å². The molecule has 1 aliphatic heterocycles. The van der Waals surface area contributed by atoms with Gasteiger partial charge in [-0.25, -0.2) is 0 Å². The van der Waals surface area contributed by atoms with Gasteiger partial charge in [-0.3, -0.25) is 5.32 Å². The molecule has 0 aliphatic carbocycles. The van der Waals surface area contributed by atoms with Crippen LogP contribution < -0.4 is 5.32 Å². The quantitative estimate of drug-likeness (QED) is 0.381. The number of hydrogen-bond acceptors (Lipinski definition) is 3. The van der Waals surface area contributed by atoms with Gasteiger partial charge in [0.2, 0.25) is 0 Å². The lowest BCUT2D eigenvalue weighted by Gasteiger charge is -2.27. The molecule has 3 heteroatoms. The van der Waals surface area contributed by atoms with Crippen LogP contribution in [-0.4, -0.2) is 31.6 Å². The number of nitrogens with one attached hydrogen (secondary N) is 1. The molecule has 0 aromatic heterocycles. The maximum Gasteiger partial charge on any atom is 0.159 e. The van der Waals surface area contributed by atoms with Crippen LogP contribution in [0.15, 0.2) is 0 Å². The second kappa shape index (κ2) is 2.82. The minimum atomic E-state index is -0.863. The van der Waals surface area contributed by atoms with Crippen LogP contribution in [0.4, 0.5) is 0 Å². The molecule has 10 heavy (non-hydrogen) atoms. The highest BCUT2D eigenvalue weighted by Gasteiger charge is 2.29. The van der Waals surface area contributed by atoms with E-state index >= 15 is 0 Å². The Kier molecular flexibility index (Phi) is 2.05. The first-order chi connectivity index (χ1) is 4.83. The lowest BCUT2D eigenvalue weighted by molar-refractivity contribution is -0.115. The molecule has 0 radical (unpaired) electrons. The average molecular weight is 139 g/mol. The molecule has 1 aliphatic rings. The number of morpholine rings is 1. The second-order valence-corrected chi connectivity index (χ2v) is 2.21. The van der Waals surface area contributed by atoms with Gasteiger partial charge < -0.3 is 9.53 Å². The Morgan fingerprint density at radius 3 is 2.90 bits per heavy atom. The molecular formula is C7H9NO2. The summed E-state index contributed by atoms with van der Waals surface area (Å²) in [5.74, 6) is 2.36. The minimum Gasteiger partial charge on any atom is -0.377 e. The molecule has 1 unspecified atom stereocenters. The van der Waals surface area contributed by atoms with Gasteiger partial charge in [0.1, 0.15) is 0 Å². The number of carbonyl (C=O) groups is 1. The average Bonchev–Trinajstić information content (AvgIpc) is 2.06. The van der Waals surface area contributed by atoms with Crippen LogP contribution in [0.25, 0.3) is 0 Å². The van der Waals surface area contributed by atoms with Crippen LogP contribution in [0.1, 0.15) is 0 Å². The highest BCUT2D eigenvalue weighted by molar-refractivity contribution is 5.70. The van der Waals surface area contributed by atoms with Crippen molar-refractivity contribution >= 4 is 6.29 Å². The first-order valence-corrected chi connectivity index (χ1v) is 3.10. The predicted molar refractivity (Wildman–Crippen MR) is 36.4 cm³/mol. The molecular weight excluding hydrogens is 130 g/mol. The van der Waals surface area contributed by atoms with Gasteiger partial charge in [-0.2, -0.15) is 0 Å². The molecule has 1 atom stereocenters. The van der Waals surface area contributed by atoms with Gasteiger partial charge in [0, 0.05) is 6.54 Å². The third-order valence-electron chi connectivity index (χ3n) is 1.48. The molecule has 1 saturated heterocycles. The molecule has 1 N–H and O–H groups in total. The zero-order valence-corrected chi connectivity index (χ0v) is 5.59. The standard InChI is InChI=1S/C7H9NO2/c1-2-7(5-9)6-10-4-3-8-7/h1,5,8H,3-4,6H2. The van der Waals surface area contributed by atoms with E-state index in [9.17, 15) is 4.79 Å². The number of ether oxygens (including phenoxy) is 1. The second-order valence-electron chi connectivity index (χ2n) is 2.21. The number of rotatable bonds is 1. The third kappa shape index (κ3) is 1.18. The highest BCUT2D eigenvalue weighted by atomic mass is 16.5. The maximum absolute atomic E-state index is 10.4. The van der Waals surface area contributed by atoms with Crippen molar-refractivity contribution in [1.82, 2.24) is 5.32 Å². The first kappa shape index (κ1) is 7.26. The molecule has 3 nitrogen and oxygen atoms in total.